The molecule has 1 unspecified atom stereocenters. The van der Waals surface area contributed by atoms with Crippen LogP contribution in [0.5, 0.6) is 0 Å². The van der Waals surface area contributed by atoms with Crippen LogP contribution in [0.25, 0.3) is 0 Å². The summed E-state index contributed by atoms with van der Waals surface area (Å²) in [4.78, 5) is 8.56. The fourth-order valence-corrected chi connectivity index (χ4v) is 1.86. The van der Waals surface area contributed by atoms with Crippen molar-refractivity contribution in [1.82, 2.24) is 9.97 Å². The van der Waals surface area contributed by atoms with E-state index in [-0.39, 0.29) is 6.04 Å². The van der Waals surface area contributed by atoms with Crippen molar-refractivity contribution in [2.24, 2.45) is 0 Å². The minimum atomic E-state index is 0.206. The number of hydrogen-bond acceptors (Lipinski definition) is 3. The van der Waals surface area contributed by atoms with Crippen LogP contribution in [0.2, 0.25) is 0 Å². The fourth-order valence-electron chi connectivity index (χ4n) is 1.86. The topological polar surface area (TPSA) is 37.8 Å². The van der Waals surface area contributed by atoms with E-state index in [2.05, 4.69) is 53.4 Å². The number of nitrogens with one attached hydrogen (secondary N) is 1. The van der Waals surface area contributed by atoms with Gasteiger partial charge in [-0.2, -0.15) is 0 Å². The molecule has 17 heavy (non-hydrogen) atoms. The first-order valence-corrected chi connectivity index (χ1v) is 5.78. The standard InChI is InChI=1S/C14H17N3/c1-10-6-4-5-7-13(10)12(3)17-14-15-9-8-11(2)16-14/h4-9,12H,1-3H3,(H,15,16,17). The summed E-state index contributed by atoms with van der Waals surface area (Å²) in [5.74, 6) is 0.681. The zero-order valence-electron chi connectivity index (χ0n) is 10.4. The number of anilines is 1. The van der Waals surface area contributed by atoms with Crippen molar-refractivity contribution in [3.8, 4) is 0 Å². The van der Waals surface area contributed by atoms with Crippen molar-refractivity contribution in [2.75, 3.05) is 5.32 Å². The maximum atomic E-state index is 4.35. The Bertz CT molecular complexity index is 508. The Hall–Kier alpha value is -1.90. The van der Waals surface area contributed by atoms with Crippen LogP contribution in [0, 0.1) is 13.8 Å². The molecule has 3 heteroatoms. The zero-order valence-corrected chi connectivity index (χ0v) is 10.4. The molecule has 1 heterocycles. The molecule has 0 bridgehead atoms. The zero-order chi connectivity index (χ0) is 12.3. The SMILES string of the molecule is Cc1ccnc(NC(C)c2ccccc2C)n1. The number of benzene rings is 1. The van der Waals surface area contributed by atoms with E-state index < -0.39 is 0 Å². The highest BCUT2D eigenvalue weighted by Crippen LogP contribution is 2.19. The van der Waals surface area contributed by atoms with E-state index in [1.54, 1.807) is 6.20 Å². The highest BCUT2D eigenvalue weighted by Gasteiger charge is 2.08. The molecule has 0 amide bonds. The third-order valence-corrected chi connectivity index (χ3v) is 2.80. The largest absolute Gasteiger partial charge is 0.348 e. The second-order valence-corrected chi connectivity index (χ2v) is 4.24. The van der Waals surface area contributed by atoms with E-state index in [0.717, 1.165) is 5.69 Å². The Morgan fingerprint density at radius 1 is 1.12 bits per heavy atom. The Labute approximate surface area is 102 Å². The van der Waals surface area contributed by atoms with Crippen molar-refractivity contribution >= 4 is 5.95 Å². The highest BCUT2D eigenvalue weighted by molar-refractivity contribution is 5.35. The first kappa shape index (κ1) is 11.6. The van der Waals surface area contributed by atoms with Crippen LogP contribution in [-0.4, -0.2) is 9.97 Å². The monoisotopic (exact) mass is 227 g/mol. The van der Waals surface area contributed by atoms with E-state index in [9.17, 15) is 0 Å². The number of hydrogen-bond donors (Lipinski definition) is 1. The predicted octanol–water partition coefficient (Wildman–Crippen LogP) is 3.27. The summed E-state index contributed by atoms with van der Waals surface area (Å²) >= 11 is 0. The minimum Gasteiger partial charge on any atom is -0.348 e. The molecule has 3 nitrogen and oxygen atoms in total. The number of aryl methyl sites for hydroxylation is 2. The molecule has 2 rings (SSSR count). The van der Waals surface area contributed by atoms with E-state index in [4.69, 9.17) is 0 Å². The molecule has 0 spiro atoms. The lowest BCUT2D eigenvalue weighted by molar-refractivity contribution is 0.848. The predicted molar refractivity (Wildman–Crippen MR) is 70.0 cm³/mol. The fraction of sp³-hybridized carbons (Fsp3) is 0.286. The summed E-state index contributed by atoms with van der Waals surface area (Å²) in [5.41, 5.74) is 3.53. The van der Waals surface area contributed by atoms with Crippen LogP contribution in [-0.2, 0) is 0 Å². The van der Waals surface area contributed by atoms with Crippen LogP contribution in [0.1, 0.15) is 29.8 Å². The van der Waals surface area contributed by atoms with Gasteiger partial charge in [0.15, 0.2) is 0 Å². The average Bonchev–Trinajstić information content (AvgIpc) is 2.29. The van der Waals surface area contributed by atoms with E-state index in [1.807, 2.05) is 13.0 Å². The van der Waals surface area contributed by atoms with Gasteiger partial charge in [-0.1, -0.05) is 24.3 Å². The lowest BCUT2D eigenvalue weighted by atomic mass is 10.0. The van der Waals surface area contributed by atoms with E-state index in [0.29, 0.717) is 5.95 Å². The summed E-state index contributed by atoms with van der Waals surface area (Å²) in [5, 5.41) is 3.32. The smallest absolute Gasteiger partial charge is 0.223 e. The Morgan fingerprint density at radius 2 is 1.88 bits per heavy atom. The number of nitrogens with zero attached hydrogens (tertiary/aromatic N) is 2. The van der Waals surface area contributed by atoms with Crippen LogP contribution >= 0.6 is 0 Å². The van der Waals surface area contributed by atoms with Gasteiger partial charge >= 0.3 is 0 Å². The van der Waals surface area contributed by atoms with E-state index in [1.165, 1.54) is 11.1 Å². The van der Waals surface area contributed by atoms with Crippen molar-refractivity contribution in [2.45, 2.75) is 26.8 Å². The Kier molecular flexibility index (Phi) is 3.38. The molecule has 1 atom stereocenters. The Balaban J connectivity index is 2.17. The molecule has 0 radical (unpaired) electrons. The molecule has 0 aliphatic heterocycles. The third-order valence-electron chi connectivity index (χ3n) is 2.80. The first-order valence-electron chi connectivity index (χ1n) is 5.78. The highest BCUT2D eigenvalue weighted by atomic mass is 15.1. The Morgan fingerprint density at radius 3 is 2.59 bits per heavy atom. The molecule has 88 valence electrons. The van der Waals surface area contributed by atoms with Crippen LogP contribution in [0.4, 0.5) is 5.95 Å². The van der Waals surface area contributed by atoms with E-state index >= 15 is 0 Å². The lowest BCUT2D eigenvalue weighted by Crippen LogP contribution is -2.10. The lowest BCUT2D eigenvalue weighted by Gasteiger charge is -2.16. The van der Waals surface area contributed by atoms with Gasteiger partial charge in [-0.25, -0.2) is 9.97 Å². The van der Waals surface area contributed by atoms with Crippen molar-refractivity contribution in [3.63, 3.8) is 0 Å². The molecule has 0 aliphatic carbocycles. The van der Waals surface area contributed by atoms with Gasteiger partial charge in [0.25, 0.3) is 0 Å². The second-order valence-electron chi connectivity index (χ2n) is 4.24. The van der Waals surface area contributed by atoms with Crippen LogP contribution in [0.15, 0.2) is 36.5 Å². The molecule has 0 saturated carbocycles. The molecule has 1 N–H and O–H groups in total. The second kappa shape index (κ2) is 4.95. The van der Waals surface area contributed by atoms with Crippen molar-refractivity contribution in [1.29, 1.82) is 0 Å². The van der Waals surface area contributed by atoms with Crippen molar-refractivity contribution < 1.29 is 0 Å². The average molecular weight is 227 g/mol. The molecule has 1 aromatic heterocycles. The van der Waals surface area contributed by atoms with Gasteiger partial charge in [0, 0.05) is 11.9 Å². The van der Waals surface area contributed by atoms with Crippen molar-refractivity contribution in [3.05, 3.63) is 53.3 Å². The first-order chi connectivity index (χ1) is 8.16. The van der Waals surface area contributed by atoms with Gasteiger partial charge < -0.3 is 5.32 Å². The molecule has 2 aromatic rings. The van der Waals surface area contributed by atoms with Gasteiger partial charge in [-0.05, 0) is 38.0 Å². The van der Waals surface area contributed by atoms with Gasteiger partial charge in [0.2, 0.25) is 5.95 Å². The summed E-state index contributed by atoms with van der Waals surface area (Å²) < 4.78 is 0. The van der Waals surface area contributed by atoms with Gasteiger partial charge in [-0.3, -0.25) is 0 Å². The molecule has 0 saturated heterocycles. The summed E-state index contributed by atoms with van der Waals surface area (Å²) in [6.45, 7) is 6.20. The normalized spacial score (nSPS) is 12.2. The maximum Gasteiger partial charge on any atom is 0.223 e. The molecule has 0 aliphatic rings. The van der Waals surface area contributed by atoms with Gasteiger partial charge in [0.1, 0.15) is 0 Å². The molecule has 1 aromatic carbocycles. The van der Waals surface area contributed by atoms with Gasteiger partial charge in [-0.15, -0.1) is 0 Å². The van der Waals surface area contributed by atoms with Crippen LogP contribution in [0.3, 0.4) is 0 Å². The maximum absolute atomic E-state index is 4.35. The van der Waals surface area contributed by atoms with Gasteiger partial charge in [0.05, 0.1) is 6.04 Å². The quantitative estimate of drug-likeness (QED) is 0.874. The number of aromatic nitrogens is 2. The summed E-state index contributed by atoms with van der Waals surface area (Å²) in [7, 11) is 0. The molecule has 0 fully saturated rings. The third kappa shape index (κ3) is 2.81. The summed E-state index contributed by atoms with van der Waals surface area (Å²) in [6, 6.07) is 10.4. The summed E-state index contributed by atoms with van der Waals surface area (Å²) in [6.07, 6.45) is 1.77. The van der Waals surface area contributed by atoms with Crippen LogP contribution < -0.4 is 5.32 Å². The minimum absolute atomic E-state index is 0.206. The molecular formula is C14H17N3. The molecular weight excluding hydrogens is 210 g/mol. The number of rotatable bonds is 3.